The maximum atomic E-state index is 13.4. The SMILES string of the molecule is Fc1cc(Oc2nccc3occc23)cc(F)c1Br. The van der Waals surface area contributed by atoms with Crippen LogP contribution in [0.1, 0.15) is 0 Å². The minimum Gasteiger partial charge on any atom is -0.464 e. The molecule has 0 aliphatic rings. The maximum absolute atomic E-state index is 13.4. The van der Waals surface area contributed by atoms with Crippen LogP contribution in [-0.2, 0) is 0 Å². The van der Waals surface area contributed by atoms with Gasteiger partial charge in [-0.05, 0) is 28.1 Å². The number of nitrogens with zero attached hydrogens (tertiary/aromatic N) is 1. The van der Waals surface area contributed by atoms with Crippen LogP contribution in [0.4, 0.5) is 8.78 Å². The van der Waals surface area contributed by atoms with Gasteiger partial charge in [-0.15, -0.1) is 0 Å². The number of benzene rings is 1. The first-order valence-corrected chi connectivity index (χ1v) is 6.09. The minimum absolute atomic E-state index is 0.0272. The molecule has 3 aromatic rings. The molecule has 0 aliphatic carbocycles. The summed E-state index contributed by atoms with van der Waals surface area (Å²) in [6.07, 6.45) is 2.98. The van der Waals surface area contributed by atoms with Crippen LogP contribution in [0.3, 0.4) is 0 Å². The summed E-state index contributed by atoms with van der Waals surface area (Å²) in [5, 5.41) is 0.631. The summed E-state index contributed by atoms with van der Waals surface area (Å²) in [5.41, 5.74) is 0.586. The first kappa shape index (κ1) is 12.1. The van der Waals surface area contributed by atoms with Gasteiger partial charge in [0.1, 0.15) is 23.0 Å². The normalized spacial score (nSPS) is 10.9. The van der Waals surface area contributed by atoms with Gasteiger partial charge in [-0.25, -0.2) is 13.8 Å². The first-order valence-electron chi connectivity index (χ1n) is 5.30. The van der Waals surface area contributed by atoms with Gasteiger partial charge in [-0.2, -0.15) is 0 Å². The summed E-state index contributed by atoms with van der Waals surface area (Å²) < 4.78 is 37.1. The molecule has 0 unspecified atom stereocenters. The second-order valence-electron chi connectivity index (χ2n) is 3.75. The molecule has 0 radical (unpaired) electrons. The third kappa shape index (κ3) is 2.19. The van der Waals surface area contributed by atoms with Crippen molar-refractivity contribution in [2.75, 3.05) is 0 Å². The Kier molecular flexibility index (Phi) is 2.94. The van der Waals surface area contributed by atoms with Gasteiger partial charge in [0.25, 0.3) is 0 Å². The van der Waals surface area contributed by atoms with E-state index in [9.17, 15) is 8.78 Å². The van der Waals surface area contributed by atoms with Crippen molar-refractivity contribution < 1.29 is 17.9 Å². The van der Waals surface area contributed by atoms with Crippen LogP contribution in [0, 0.1) is 11.6 Å². The predicted molar refractivity (Wildman–Crippen MR) is 68.1 cm³/mol. The van der Waals surface area contributed by atoms with E-state index in [-0.39, 0.29) is 16.1 Å². The lowest BCUT2D eigenvalue weighted by atomic mass is 10.3. The van der Waals surface area contributed by atoms with Crippen molar-refractivity contribution in [3.8, 4) is 11.6 Å². The Morgan fingerprint density at radius 3 is 2.63 bits per heavy atom. The van der Waals surface area contributed by atoms with Crippen molar-refractivity contribution in [3.05, 3.63) is 52.8 Å². The average molecular weight is 326 g/mol. The van der Waals surface area contributed by atoms with E-state index in [1.165, 1.54) is 12.5 Å². The maximum Gasteiger partial charge on any atom is 0.230 e. The third-order valence-electron chi connectivity index (χ3n) is 2.52. The fourth-order valence-corrected chi connectivity index (χ4v) is 1.88. The van der Waals surface area contributed by atoms with Crippen LogP contribution in [0.15, 0.2) is 45.6 Å². The van der Waals surface area contributed by atoms with Crippen molar-refractivity contribution in [1.29, 1.82) is 0 Å². The standard InChI is InChI=1S/C13H6BrF2NO2/c14-12-9(15)5-7(6-10(12)16)19-13-8-2-4-18-11(8)1-3-17-13/h1-6H. The van der Waals surface area contributed by atoms with E-state index in [0.717, 1.165) is 12.1 Å². The molecule has 0 aliphatic heterocycles. The molecule has 0 fully saturated rings. The molecule has 0 bridgehead atoms. The highest BCUT2D eigenvalue weighted by Gasteiger charge is 2.12. The van der Waals surface area contributed by atoms with Crippen LogP contribution >= 0.6 is 15.9 Å². The summed E-state index contributed by atoms with van der Waals surface area (Å²) in [6.45, 7) is 0. The molecule has 2 aromatic heterocycles. The van der Waals surface area contributed by atoms with Crippen LogP contribution in [0.25, 0.3) is 11.0 Å². The van der Waals surface area contributed by atoms with Gasteiger partial charge in [0.2, 0.25) is 5.88 Å². The molecule has 0 atom stereocenters. The van der Waals surface area contributed by atoms with Crippen LogP contribution in [0.5, 0.6) is 11.6 Å². The zero-order chi connectivity index (χ0) is 13.4. The van der Waals surface area contributed by atoms with E-state index in [2.05, 4.69) is 20.9 Å². The molecule has 0 saturated heterocycles. The molecular formula is C13H6BrF2NO2. The number of halogens is 3. The lowest BCUT2D eigenvalue weighted by molar-refractivity contribution is 0.455. The number of hydrogen-bond acceptors (Lipinski definition) is 3. The van der Waals surface area contributed by atoms with Crippen molar-refractivity contribution >= 4 is 26.9 Å². The number of rotatable bonds is 2. The second kappa shape index (κ2) is 4.62. The van der Waals surface area contributed by atoms with Crippen molar-refractivity contribution in [3.63, 3.8) is 0 Å². The number of ether oxygens (including phenoxy) is 1. The van der Waals surface area contributed by atoms with Crippen molar-refractivity contribution in [1.82, 2.24) is 4.98 Å². The molecular weight excluding hydrogens is 320 g/mol. The Morgan fingerprint density at radius 1 is 1.16 bits per heavy atom. The van der Waals surface area contributed by atoms with Gasteiger partial charge in [0.05, 0.1) is 16.1 Å². The molecule has 3 nitrogen and oxygen atoms in total. The summed E-state index contributed by atoms with van der Waals surface area (Å²) in [5.74, 6) is -1.23. The van der Waals surface area contributed by atoms with Crippen molar-refractivity contribution in [2.45, 2.75) is 0 Å². The molecule has 0 amide bonds. The van der Waals surface area contributed by atoms with Gasteiger partial charge in [0, 0.05) is 18.3 Å². The second-order valence-corrected chi connectivity index (χ2v) is 4.54. The van der Waals surface area contributed by atoms with Crippen LogP contribution in [-0.4, -0.2) is 4.98 Å². The highest BCUT2D eigenvalue weighted by Crippen LogP contribution is 2.31. The molecule has 19 heavy (non-hydrogen) atoms. The zero-order valence-corrected chi connectivity index (χ0v) is 10.9. The molecule has 0 saturated carbocycles. The van der Waals surface area contributed by atoms with E-state index in [1.807, 2.05) is 0 Å². The fraction of sp³-hybridized carbons (Fsp3) is 0. The molecule has 2 heterocycles. The van der Waals surface area contributed by atoms with E-state index in [1.54, 1.807) is 12.1 Å². The van der Waals surface area contributed by atoms with Crippen molar-refractivity contribution in [2.24, 2.45) is 0 Å². The number of fused-ring (bicyclic) bond motifs is 1. The topological polar surface area (TPSA) is 35.3 Å². The summed E-state index contributed by atoms with van der Waals surface area (Å²) in [4.78, 5) is 4.02. The number of aromatic nitrogens is 1. The highest BCUT2D eigenvalue weighted by atomic mass is 79.9. The van der Waals surface area contributed by atoms with Gasteiger partial charge in [-0.1, -0.05) is 0 Å². The van der Waals surface area contributed by atoms with E-state index < -0.39 is 11.6 Å². The summed E-state index contributed by atoms with van der Waals surface area (Å²) in [7, 11) is 0. The quantitative estimate of drug-likeness (QED) is 0.643. The Morgan fingerprint density at radius 2 is 1.89 bits per heavy atom. The number of pyridine rings is 1. The van der Waals surface area contributed by atoms with Gasteiger partial charge >= 0.3 is 0 Å². The van der Waals surface area contributed by atoms with Gasteiger partial charge in [0.15, 0.2) is 0 Å². The zero-order valence-electron chi connectivity index (χ0n) is 9.36. The Bertz CT molecular complexity index is 734. The Labute approximate surface area is 114 Å². The van der Waals surface area contributed by atoms with Crippen LogP contribution in [0.2, 0.25) is 0 Å². The molecule has 6 heteroatoms. The van der Waals surface area contributed by atoms with E-state index in [4.69, 9.17) is 9.15 Å². The van der Waals surface area contributed by atoms with Gasteiger partial charge in [-0.3, -0.25) is 0 Å². The molecule has 1 aromatic carbocycles. The predicted octanol–water partition coefficient (Wildman–Crippen LogP) is 4.66. The molecule has 3 rings (SSSR count). The first-order chi connectivity index (χ1) is 9.15. The molecule has 0 N–H and O–H groups in total. The number of furan rings is 1. The monoisotopic (exact) mass is 325 g/mol. The van der Waals surface area contributed by atoms with Crippen LogP contribution < -0.4 is 4.74 Å². The van der Waals surface area contributed by atoms with E-state index in [0.29, 0.717) is 11.0 Å². The van der Waals surface area contributed by atoms with Gasteiger partial charge < -0.3 is 9.15 Å². The lowest BCUT2D eigenvalue weighted by Gasteiger charge is -2.06. The summed E-state index contributed by atoms with van der Waals surface area (Å²) >= 11 is 2.80. The summed E-state index contributed by atoms with van der Waals surface area (Å²) in [6, 6.07) is 5.50. The minimum atomic E-state index is -0.741. The Balaban J connectivity index is 2.04. The third-order valence-corrected chi connectivity index (χ3v) is 3.27. The lowest BCUT2D eigenvalue weighted by Crippen LogP contribution is -1.91. The molecule has 96 valence electrons. The average Bonchev–Trinajstić information content (AvgIpc) is 2.85. The fourth-order valence-electron chi connectivity index (χ4n) is 1.65. The largest absolute Gasteiger partial charge is 0.464 e. The molecule has 0 spiro atoms. The number of hydrogen-bond donors (Lipinski definition) is 0. The highest BCUT2D eigenvalue weighted by molar-refractivity contribution is 9.10. The Hall–Kier alpha value is -1.95. The van der Waals surface area contributed by atoms with E-state index >= 15 is 0 Å². The smallest absolute Gasteiger partial charge is 0.230 e.